The van der Waals surface area contributed by atoms with E-state index in [1.54, 1.807) is 29.4 Å². The Labute approximate surface area is 97.6 Å². The van der Waals surface area contributed by atoms with Crippen molar-refractivity contribution < 1.29 is 4.79 Å². The average molecular weight is 223 g/mol. The van der Waals surface area contributed by atoms with Gasteiger partial charge >= 0.3 is 0 Å². The highest BCUT2D eigenvalue weighted by Crippen LogP contribution is 2.18. The molecule has 82 valence electrons. The first-order valence-electron chi connectivity index (χ1n) is 5.22. The van der Waals surface area contributed by atoms with Gasteiger partial charge in [0.15, 0.2) is 6.29 Å². The third-order valence-electron chi connectivity index (χ3n) is 2.63. The molecule has 0 aliphatic heterocycles. The zero-order valence-corrected chi connectivity index (χ0v) is 8.95. The minimum Gasteiger partial charge on any atom is -0.298 e. The Morgan fingerprint density at radius 3 is 2.88 bits per heavy atom. The molecule has 0 aliphatic carbocycles. The van der Waals surface area contributed by atoms with E-state index in [2.05, 4.69) is 9.97 Å². The van der Waals surface area contributed by atoms with Crippen LogP contribution in [-0.4, -0.2) is 20.8 Å². The summed E-state index contributed by atoms with van der Waals surface area (Å²) in [5.41, 5.74) is 1.44. The fourth-order valence-corrected chi connectivity index (χ4v) is 1.81. The summed E-state index contributed by atoms with van der Waals surface area (Å²) in [4.78, 5) is 19.5. The molecule has 2 heterocycles. The van der Waals surface area contributed by atoms with Gasteiger partial charge in [-0.25, -0.2) is 9.97 Å². The Morgan fingerprint density at radius 1 is 1.24 bits per heavy atom. The number of benzene rings is 1. The van der Waals surface area contributed by atoms with Crippen LogP contribution in [0.3, 0.4) is 0 Å². The molecule has 4 nitrogen and oxygen atoms in total. The first-order valence-corrected chi connectivity index (χ1v) is 5.22. The van der Waals surface area contributed by atoms with Crippen molar-refractivity contribution in [3.05, 3.63) is 54.6 Å². The van der Waals surface area contributed by atoms with Crippen LogP contribution in [0.25, 0.3) is 16.7 Å². The summed E-state index contributed by atoms with van der Waals surface area (Å²) < 4.78 is 1.78. The van der Waals surface area contributed by atoms with Crippen LogP contribution in [-0.2, 0) is 0 Å². The van der Waals surface area contributed by atoms with Gasteiger partial charge in [0.25, 0.3) is 0 Å². The second-order valence-electron chi connectivity index (χ2n) is 3.67. The predicted octanol–water partition coefficient (Wildman–Crippen LogP) is 2.23. The number of pyridine rings is 1. The lowest BCUT2D eigenvalue weighted by atomic mass is 10.1. The lowest BCUT2D eigenvalue weighted by Gasteiger charge is -2.05. The number of fused-ring (bicyclic) bond motifs is 1. The lowest BCUT2D eigenvalue weighted by molar-refractivity contribution is 0.112. The van der Waals surface area contributed by atoms with Crippen LogP contribution in [0.4, 0.5) is 0 Å². The summed E-state index contributed by atoms with van der Waals surface area (Å²) in [5, 5.41) is 0.867. The van der Waals surface area contributed by atoms with Crippen LogP contribution in [0.2, 0.25) is 0 Å². The molecule has 2 aromatic heterocycles. The molecule has 0 N–H and O–H groups in total. The number of aromatic nitrogens is 3. The number of carbonyl (C=O) groups is 1. The van der Waals surface area contributed by atoms with E-state index in [0.29, 0.717) is 11.4 Å². The standard InChI is InChI=1S/C13H9N3O/c17-8-10-7-13(16-6-5-14-9-16)15-12-4-2-1-3-11(10)12/h1-9H. The summed E-state index contributed by atoms with van der Waals surface area (Å²) in [5.74, 6) is 0.698. The highest BCUT2D eigenvalue weighted by molar-refractivity contribution is 5.96. The van der Waals surface area contributed by atoms with Gasteiger partial charge in [0.2, 0.25) is 0 Å². The third-order valence-corrected chi connectivity index (χ3v) is 2.63. The number of hydrogen-bond donors (Lipinski definition) is 0. The van der Waals surface area contributed by atoms with Gasteiger partial charge in [0, 0.05) is 23.3 Å². The Bertz CT molecular complexity index is 674. The van der Waals surface area contributed by atoms with E-state index in [1.165, 1.54) is 0 Å². The minimum absolute atomic E-state index is 0.638. The van der Waals surface area contributed by atoms with E-state index < -0.39 is 0 Å². The summed E-state index contributed by atoms with van der Waals surface area (Å²) in [6.07, 6.45) is 5.99. The molecular weight excluding hydrogens is 214 g/mol. The minimum atomic E-state index is 0.638. The molecule has 4 heteroatoms. The molecule has 1 aromatic carbocycles. The van der Waals surface area contributed by atoms with Crippen molar-refractivity contribution in [1.29, 1.82) is 0 Å². The van der Waals surface area contributed by atoms with Gasteiger partial charge in [-0.1, -0.05) is 18.2 Å². The molecule has 0 bridgehead atoms. The molecule has 17 heavy (non-hydrogen) atoms. The number of para-hydroxylation sites is 1. The maximum absolute atomic E-state index is 11.1. The smallest absolute Gasteiger partial charge is 0.150 e. The monoisotopic (exact) mass is 223 g/mol. The van der Waals surface area contributed by atoms with Crippen LogP contribution >= 0.6 is 0 Å². The highest BCUT2D eigenvalue weighted by Gasteiger charge is 2.05. The molecule has 3 aromatic rings. The molecule has 0 amide bonds. The second kappa shape index (κ2) is 3.83. The van der Waals surface area contributed by atoms with Crippen LogP contribution in [0, 0.1) is 0 Å². The van der Waals surface area contributed by atoms with Gasteiger partial charge in [0.1, 0.15) is 12.1 Å². The fourth-order valence-electron chi connectivity index (χ4n) is 1.81. The van der Waals surface area contributed by atoms with Crippen molar-refractivity contribution in [1.82, 2.24) is 14.5 Å². The van der Waals surface area contributed by atoms with Crippen molar-refractivity contribution in [2.45, 2.75) is 0 Å². The Hall–Kier alpha value is -2.49. The van der Waals surface area contributed by atoms with Crippen LogP contribution < -0.4 is 0 Å². The third kappa shape index (κ3) is 1.59. The Kier molecular flexibility index (Phi) is 2.19. The van der Waals surface area contributed by atoms with E-state index >= 15 is 0 Å². The van der Waals surface area contributed by atoms with E-state index in [0.717, 1.165) is 17.2 Å². The van der Waals surface area contributed by atoms with Crippen LogP contribution in [0.5, 0.6) is 0 Å². The SMILES string of the molecule is O=Cc1cc(-n2ccnc2)nc2ccccc12. The van der Waals surface area contributed by atoms with Gasteiger partial charge in [-0.15, -0.1) is 0 Å². The first-order chi connectivity index (χ1) is 8.38. The molecule has 0 fully saturated rings. The molecule has 0 atom stereocenters. The molecule has 0 saturated heterocycles. The van der Waals surface area contributed by atoms with Crippen molar-refractivity contribution >= 4 is 17.2 Å². The maximum atomic E-state index is 11.1. The zero-order valence-electron chi connectivity index (χ0n) is 8.95. The van der Waals surface area contributed by atoms with Crippen molar-refractivity contribution in [3.8, 4) is 5.82 Å². The molecule has 0 unspecified atom stereocenters. The second-order valence-corrected chi connectivity index (χ2v) is 3.67. The number of nitrogens with zero attached hydrogens (tertiary/aromatic N) is 3. The summed E-state index contributed by atoms with van der Waals surface area (Å²) in [6, 6.07) is 9.35. The average Bonchev–Trinajstić information content (AvgIpc) is 2.91. The Morgan fingerprint density at radius 2 is 2.12 bits per heavy atom. The number of imidazole rings is 1. The van der Waals surface area contributed by atoms with E-state index in [4.69, 9.17) is 0 Å². The molecule has 0 spiro atoms. The molecule has 0 aliphatic rings. The number of hydrogen-bond acceptors (Lipinski definition) is 3. The number of aldehydes is 1. The normalized spacial score (nSPS) is 10.6. The maximum Gasteiger partial charge on any atom is 0.150 e. The number of rotatable bonds is 2. The summed E-state index contributed by atoms with van der Waals surface area (Å²) >= 11 is 0. The van der Waals surface area contributed by atoms with Gasteiger partial charge < -0.3 is 0 Å². The number of carbonyl (C=O) groups excluding carboxylic acids is 1. The van der Waals surface area contributed by atoms with Crippen molar-refractivity contribution in [2.24, 2.45) is 0 Å². The topological polar surface area (TPSA) is 47.8 Å². The van der Waals surface area contributed by atoms with Crippen molar-refractivity contribution in [3.63, 3.8) is 0 Å². The first kappa shape index (κ1) is 9.72. The molecular formula is C13H9N3O. The van der Waals surface area contributed by atoms with E-state index in [-0.39, 0.29) is 0 Å². The molecule has 0 radical (unpaired) electrons. The van der Waals surface area contributed by atoms with Crippen molar-refractivity contribution in [2.75, 3.05) is 0 Å². The molecule has 3 rings (SSSR count). The fraction of sp³-hybridized carbons (Fsp3) is 0. The molecule has 0 saturated carbocycles. The summed E-state index contributed by atoms with van der Waals surface area (Å²) in [6.45, 7) is 0. The van der Waals surface area contributed by atoms with E-state index in [1.807, 2.05) is 24.3 Å². The van der Waals surface area contributed by atoms with Gasteiger partial charge in [0.05, 0.1) is 5.52 Å². The van der Waals surface area contributed by atoms with E-state index in [9.17, 15) is 4.79 Å². The lowest BCUT2D eigenvalue weighted by Crippen LogP contribution is -1.97. The zero-order chi connectivity index (χ0) is 11.7. The van der Waals surface area contributed by atoms with Gasteiger partial charge in [-0.2, -0.15) is 0 Å². The predicted molar refractivity (Wildman–Crippen MR) is 64.3 cm³/mol. The van der Waals surface area contributed by atoms with Crippen LogP contribution in [0.1, 0.15) is 10.4 Å². The Balaban J connectivity index is 2.32. The quantitative estimate of drug-likeness (QED) is 0.626. The largest absolute Gasteiger partial charge is 0.298 e. The van der Waals surface area contributed by atoms with Crippen LogP contribution in [0.15, 0.2) is 49.1 Å². The summed E-state index contributed by atoms with van der Waals surface area (Å²) in [7, 11) is 0. The highest BCUT2D eigenvalue weighted by atomic mass is 16.1. The van der Waals surface area contributed by atoms with Gasteiger partial charge in [-0.05, 0) is 12.1 Å². The van der Waals surface area contributed by atoms with Gasteiger partial charge in [-0.3, -0.25) is 9.36 Å².